The van der Waals surface area contributed by atoms with Crippen molar-refractivity contribution in [1.29, 1.82) is 0 Å². The molecule has 33 heavy (non-hydrogen) atoms. The summed E-state index contributed by atoms with van der Waals surface area (Å²) in [5.74, 6) is 0.609. The normalized spacial score (nSPS) is 14.4. The van der Waals surface area contributed by atoms with Crippen LogP contribution in [0.2, 0.25) is 20.1 Å². The van der Waals surface area contributed by atoms with E-state index in [1.54, 1.807) is 18.2 Å². The summed E-state index contributed by atoms with van der Waals surface area (Å²) in [5.41, 5.74) is 2.73. The smallest absolute Gasteiger partial charge is 0.253 e. The minimum Gasteiger partial charge on any atom is -0.487 e. The lowest BCUT2D eigenvalue weighted by Crippen LogP contribution is -2.48. The van der Waals surface area contributed by atoms with E-state index < -0.39 is 0 Å². The molecule has 4 rings (SSSR count). The molecule has 1 saturated heterocycles. The minimum atomic E-state index is 0.0393. The Labute approximate surface area is 213 Å². The van der Waals surface area contributed by atoms with Crippen LogP contribution in [-0.4, -0.2) is 41.9 Å². The van der Waals surface area contributed by atoms with Gasteiger partial charge in [-0.05, 0) is 53.6 Å². The topological polar surface area (TPSA) is 32.8 Å². The van der Waals surface area contributed by atoms with Crippen LogP contribution in [0.25, 0.3) is 0 Å². The molecule has 0 aromatic heterocycles. The monoisotopic (exact) mass is 522 g/mol. The van der Waals surface area contributed by atoms with Crippen molar-refractivity contribution in [2.24, 2.45) is 0 Å². The van der Waals surface area contributed by atoms with Gasteiger partial charge in [0, 0.05) is 43.3 Å². The Morgan fingerprint density at radius 1 is 0.758 bits per heavy atom. The maximum absolute atomic E-state index is 12.9. The third kappa shape index (κ3) is 6.34. The Kier molecular flexibility index (Phi) is 8.05. The molecule has 1 aliphatic rings. The molecule has 1 amide bonds. The number of hydrogen-bond donors (Lipinski definition) is 0. The molecule has 172 valence electrons. The van der Waals surface area contributed by atoms with Gasteiger partial charge >= 0.3 is 0 Å². The molecule has 0 unspecified atom stereocenters. The van der Waals surface area contributed by atoms with Crippen molar-refractivity contribution in [1.82, 2.24) is 9.80 Å². The Morgan fingerprint density at radius 3 is 2.12 bits per heavy atom. The summed E-state index contributed by atoms with van der Waals surface area (Å²) >= 11 is 24.2. The van der Waals surface area contributed by atoms with Gasteiger partial charge in [0.25, 0.3) is 5.91 Å². The van der Waals surface area contributed by atoms with E-state index in [0.29, 0.717) is 51.1 Å². The minimum absolute atomic E-state index is 0.0393. The van der Waals surface area contributed by atoms with E-state index in [1.807, 2.05) is 47.4 Å². The number of carbonyl (C=O) groups is 1. The first kappa shape index (κ1) is 24.2. The number of amides is 1. The average Bonchev–Trinajstić information content (AvgIpc) is 2.81. The van der Waals surface area contributed by atoms with E-state index in [4.69, 9.17) is 51.1 Å². The average molecular weight is 524 g/mol. The first-order valence-electron chi connectivity index (χ1n) is 10.5. The van der Waals surface area contributed by atoms with Crippen molar-refractivity contribution >= 4 is 52.3 Å². The van der Waals surface area contributed by atoms with Crippen molar-refractivity contribution in [2.45, 2.75) is 13.2 Å². The molecule has 0 N–H and O–H groups in total. The van der Waals surface area contributed by atoms with Crippen LogP contribution in [-0.2, 0) is 13.2 Å². The maximum atomic E-state index is 12.9. The lowest BCUT2D eigenvalue weighted by atomic mass is 10.1. The molecule has 4 nitrogen and oxygen atoms in total. The van der Waals surface area contributed by atoms with Crippen LogP contribution in [0.15, 0.2) is 60.7 Å². The van der Waals surface area contributed by atoms with E-state index in [9.17, 15) is 4.79 Å². The fourth-order valence-electron chi connectivity index (χ4n) is 3.68. The van der Waals surface area contributed by atoms with Crippen molar-refractivity contribution in [3.63, 3.8) is 0 Å². The van der Waals surface area contributed by atoms with E-state index in [0.717, 1.165) is 30.8 Å². The SMILES string of the molecule is O=C(c1ccc(COc2ccc(Cl)cc2Cl)cc1)N1CCN(Cc2ccc(Cl)c(Cl)c2)CC1. The summed E-state index contributed by atoms with van der Waals surface area (Å²) in [6.45, 7) is 4.11. The van der Waals surface area contributed by atoms with Gasteiger partial charge in [0.2, 0.25) is 0 Å². The molecule has 8 heteroatoms. The molecule has 1 fully saturated rings. The Bertz CT molecular complexity index is 1130. The molecular formula is C25H22Cl4N2O2. The molecule has 1 heterocycles. The predicted molar refractivity (Wildman–Crippen MR) is 135 cm³/mol. The number of piperazine rings is 1. The van der Waals surface area contributed by atoms with Gasteiger partial charge in [0.15, 0.2) is 0 Å². The van der Waals surface area contributed by atoms with Gasteiger partial charge in [-0.25, -0.2) is 0 Å². The largest absolute Gasteiger partial charge is 0.487 e. The summed E-state index contributed by atoms with van der Waals surface area (Å²) in [5, 5.41) is 2.15. The number of nitrogens with zero attached hydrogens (tertiary/aromatic N) is 2. The number of benzene rings is 3. The quantitative estimate of drug-likeness (QED) is 0.354. The van der Waals surface area contributed by atoms with Crippen LogP contribution in [0.1, 0.15) is 21.5 Å². The Hall–Kier alpha value is -1.95. The first-order valence-corrected chi connectivity index (χ1v) is 12.0. The summed E-state index contributed by atoms with van der Waals surface area (Å²) in [7, 11) is 0. The second kappa shape index (κ2) is 11.0. The van der Waals surface area contributed by atoms with E-state index in [2.05, 4.69) is 4.90 Å². The number of rotatable bonds is 6. The van der Waals surface area contributed by atoms with Gasteiger partial charge in [0.05, 0.1) is 15.1 Å². The van der Waals surface area contributed by atoms with Crippen LogP contribution in [0, 0.1) is 0 Å². The molecule has 0 radical (unpaired) electrons. The molecule has 1 aliphatic heterocycles. The molecule has 3 aromatic carbocycles. The van der Waals surface area contributed by atoms with Gasteiger partial charge in [0.1, 0.15) is 12.4 Å². The maximum Gasteiger partial charge on any atom is 0.253 e. The molecule has 3 aromatic rings. The van der Waals surface area contributed by atoms with Gasteiger partial charge in [-0.15, -0.1) is 0 Å². The number of ether oxygens (including phenoxy) is 1. The molecule has 0 saturated carbocycles. The van der Waals surface area contributed by atoms with Crippen molar-refractivity contribution in [3.8, 4) is 5.75 Å². The molecule has 0 aliphatic carbocycles. The number of hydrogen-bond acceptors (Lipinski definition) is 3. The molecule has 0 spiro atoms. The second-order valence-corrected chi connectivity index (χ2v) is 9.54. The van der Waals surface area contributed by atoms with Crippen molar-refractivity contribution in [2.75, 3.05) is 26.2 Å². The van der Waals surface area contributed by atoms with Gasteiger partial charge in [-0.2, -0.15) is 0 Å². The predicted octanol–water partition coefficient (Wildman–Crippen LogP) is 6.84. The molecule has 0 bridgehead atoms. The lowest BCUT2D eigenvalue weighted by Gasteiger charge is -2.34. The van der Waals surface area contributed by atoms with Crippen LogP contribution in [0.5, 0.6) is 5.75 Å². The Morgan fingerprint density at radius 2 is 1.45 bits per heavy atom. The zero-order valence-corrected chi connectivity index (χ0v) is 20.8. The van der Waals surface area contributed by atoms with Gasteiger partial charge in [-0.1, -0.05) is 64.6 Å². The third-order valence-corrected chi connectivity index (χ3v) is 6.81. The Balaban J connectivity index is 1.28. The molecule has 0 atom stereocenters. The zero-order chi connectivity index (χ0) is 23.4. The summed E-state index contributed by atoms with van der Waals surface area (Å²) < 4.78 is 5.76. The summed E-state index contributed by atoms with van der Waals surface area (Å²) in [4.78, 5) is 17.1. The van der Waals surface area contributed by atoms with E-state index in [1.165, 1.54) is 0 Å². The van der Waals surface area contributed by atoms with Crippen LogP contribution in [0.3, 0.4) is 0 Å². The van der Waals surface area contributed by atoms with E-state index >= 15 is 0 Å². The van der Waals surface area contributed by atoms with E-state index in [-0.39, 0.29) is 5.91 Å². The number of carbonyl (C=O) groups excluding carboxylic acids is 1. The van der Waals surface area contributed by atoms with Gasteiger partial charge < -0.3 is 9.64 Å². The zero-order valence-electron chi connectivity index (χ0n) is 17.7. The van der Waals surface area contributed by atoms with Crippen LogP contribution in [0.4, 0.5) is 0 Å². The van der Waals surface area contributed by atoms with Crippen LogP contribution >= 0.6 is 46.4 Å². The first-order chi connectivity index (χ1) is 15.9. The highest BCUT2D eigenvalue weighted by Gasteiger charge is 2.22. The van der Waals surface area contributed by atoms with Gasteiger partial charge in [-0.3, -0.25) is 9.69 Å². The van der Waals surface area contributed by atoms with Crippen molar-refractivity contribution in [3.05, 3.63) is 97.4 Å². The van der Waals surface area contributed by atoms with Crippen molar-refractivity contribution < 1.29 is 9.53 Å². The van der Waals surface area contributed by atoms with Crippen LogP contribution < -0.4 is 4.74 Å². The summed E-state index contributed by atoms with van der Waals surface area (Å²) in [6.07, 6.45) is 0. The standard InChI is InChI=1S/C25H22Cl4N2O2/c26-20-6-8-24(23(29)14-20)33-16-17-1-4-19(5-2-17)25(32)31-11-9-30(10-12-31)15-18-3-7-21(27)22(28)13-18/h1-8,13-14H,9-12,15-16H2. The highest BCUT2D eigenvalue weighted by molar-refractivity contribution is 6.42. The number of halogens is 4. The fourth-order valence-corrected chi connectivity index (χ4v) is 4.47. The third-order valence-electron chi connectivity index (χ3n) is 5.54. The highest BCUT2D eigenvalue weighted by Crippen LogP contribution is 2.28. The second-order valence-electron chi connectivity index (χ2n) is 7.88. The fraction of sp³-hybridized carbons (Fsp3) is 0.240. The highest BCUT2D eigenvalue weighted by atomic mass is 35.5. The molecular weight excluding hydrogens is 502 g/mol. The summed E-state index contributed by atoms with van der Waals surface area (Å²) in [6, 6.07) is 18.3. The lowest BCUT2D eigenvalue weighted by molar-refractivity contribution is 0.0628.